The molecule has 1 aromatic rings. The number of benzene rings is 1. The Morgan fingerprint density at radius 3 is 2.68 bits per heavy atom. The van der Waals surface area contributed by atoms with Gasteiger partial charge in [-0.05, 0) is 57.1 Å². The van der Waals surface area contributed by atoms with Gasteiger partial charge in [-0.2, -0.15) is 0 Å². The average molecular weight is 532 g/mol. The number of piperidine rings is 1. The highest BCUT2D eigenvalue weighted by Gasteiger charge is 2.87. The molecule has 202 valence electrons. The number of aliphatic hydroxyl groups is 1. The first-order chi connectivity index (χ1) is 17.3. The molecule has 37 heavy (non-hydrogen) atoms. The zero-order valence-electron chi connectivity index (χ0n) is 21.8. The van der Waals surface area contributed by atoms with E-state index in [1.165, 1.54) is 4.90 Å². The molecule has 0 radical (unpaired) electrons. The van der Waals surface area contributed by atoms with Crippen molar-refractivity contribution in [1.29, 1.82) is 0 Å². The summed E-state index contributed by atoms with van der Waals surface area (Å²) >= 11 is 0. The van der Waals surface area contributed by atoms with Crippen molar-refractivity contribution in [3.63, 3.8) is 0 Å². The number of halogens is 1. The smallest absolute Gasteiger partial charge is 0.338 e. The van der Waals surface area contributed by atoms with Crippen LogP contribution in [-0.4, -0.2) is 67.2 Å². The third-order valence-corrected chi connectivity index (χ3v) is 11.5. The van der Waals surface area contributed by atoms with E-state index < -0.39 is 17.6 Å². The molecule has 3 aliphatic heterocycles. The lowest BCUT2D eigenvalue weighted by atomic mass is 9.42. The van der Waals surface area contributed by atoms with Gasteiger partial charge in [0, 0.05) is 18.4 Å². The Bertz CT molecular complexity index is 1100. The Kier molecular flexibility index (Phi) is 5.82. The maximum atomic E-state index is 13.6. The topological polar surface area (TPSA) is 86.5 Å². The number of rotatable bonds is 4. The minimum absolute atomic E-state index is 0. The van der Waals surface area contributed by atoms with Gasteiger partial charge in [-0.3, -0.25) is 4.79 Å². The number of ether oxygens (including phenoxy) is 3. The summed E-state index contributed by atoms with van der Waals surface area (Å²) in [5, 5.41) is 12.7. The molecule has 0 aromatic heterocycles. The average Bonchev–Trinajstić information content (AvgIpc) is 2.92. The molecule has 7 fully saturated rings. The largest absolute Gasteiger partial charge is 1.00 e. The number of nitrogens with one attached hydrogen (secondary N) is 1. The lowest BCUT2D eigenvalue weighted by Gasteiger charge is -2.66. The monoisotopic (exact) mass is 531 g/mol. The van der Waals surface area contributed by atoms with Crippen molar-refractivity contribution >= 4 is 11.9 Å². The zero-order chi connectivity index (χ0) is 25.0. The molecule has 3 heterocycles. The Morgan fingerprint density at radius 1 is 1.22 bits per heavy atom. The number of hydrogen-bond donors (Lipinski definition) is 2. The van der Waals surface area contributed by atoms with Crippen LogP contribution in [0.1, 0.15) is 56.3 Å². The fourth-order valence-corrected chi connectivity index (χ4v) is 10.7. The highest BCUT2D eigenvalue weighted by atomic mass is 35.5. The van der Waals surface area contributed by atoms with Gasteiger partial charge in [0.25, 0.3) is 0 Å². The summed E-state index contributed by atoms with van der Waals surface area (Å²) in [6.45, 7) is 6.51. The van der Waals surface area contributed by atoms with Crippen molar-refractivity contribution in [3.8, 4) is 0 Å². The molecule has 0 amide bonds. The maximum Gasteiger partial charge on any atom is 0.338 e. The summed E-state index contributed by atoms with van der Waals surface area (Å²) in [4.78, 5) is 28.6. The Labute approximate surface area is 224 Å². The van der Waals surface area contributed by atoms with E-state index in [0.717, 1.165) is 32.4 Å². The van der Waals surface area contributed by atoms with Crippen molar-refractivity contribution in [2.75, 3.05) is 20.2 Å². The van der Waals surface area contributed by atoms with E-state index in [1.54, 1.807) is 19.2 Å². The predicted octanol–water partition coefficient (Wildman–Crippen LogP) is -1.36. The van der Waals surface area contributed by atoms with Crippen molar-refractivity contribution in [2.24, 2.45) is 34.5 Å². The molecule has 4 saturated carbocycles. The summed E-state index contributed by atoms with van der Waals surface area (Å²) < 4.78 is 18.7. The minimum Gasteiger partial charge on any atom is -1.00 e. The van der Waals surface area contributed by atoms with E-state index in [0.29, 0.717) is 18.4 Å². The molecule has 8 heteroatoms. The van der Waals surface area contributed by atoms with Crippen molar-refractivity contribution in [2.45, 2.75) is 75.9 Å². The second-order valence-corrected chi connectivity index (χ2v) is 12.7. The van der Waals surface area contributed by atoms with E-state index in [-0.39, 0.29) is 71.2 Å². The van der Waals surface area contributed by atoms with Crippen LogP contribution in [0.2, 0.25) is 0 Å². The summed E-state index contributed by atoms with van der Waals surface area (Å²) in [5.41, 5.74) is -1.13. The van der Waals surface area contributed by atoms with Gasteiger partial charge >= 0.3 is 11.9 Å². The van der Waals surface area contributed by atoms with Gasteiger partial charge in [-0.15, -0.1) is 0 Å². The molecular formula is C29H38ClNO6. The highest BCUT2D eigenvalue weighted by Crippen LogP contribution is 2.75. The molecular weight excluding hydrogens is 494 g/mol. The van der Waals surface area contributed by atoms with Gasteiger partial charge in [-0.1, -0.05) is 25.1 Å². The Morgan fingerprint density at radius 2 is 1.97 bits per heavy atom. The first-order valence-corrected chi connectivity index (χ1v) is 13.9. The summed E-state index contributed by atoms with van der Waals surface area (Å²) in [6, 6.07) is 9.24. The Balaban J connectivity index is 0.00000252. The molecule has 1 unspecified atom stereocenters. The normalized spacial score (nSPS) is 50.5. The quantitative estimate of drug-likeness (QED) is 0.467. The SMILES string of the molecule is CC[NH+]1C[C@]2(C)CC[C@H](OC)[C@@]34[C@@H]5C[C@@H]6CC[C@](O)([C@@H]([C@@H](OC(=O)c7ccccc7)[C@H]23)[C@@H]14)[C@H]5C(=O)O6.[Cl-]. The van der Waals surface area contributed by atoms with Crippen LogP contribution in [0.5, 0.6) is 0 Å². The molecule has 9 bridgehead atoms. The number of carbonyl (C=O) groups is 2. The first-order valence-electron chi connectivity index (χ1n) is 13.9. The van der Waals surface area contributed by atoms with Gasteiger partial charge in [0.1, 0.15) is 18.2 Å². The minimum atomic E-state index is -1.24. The van der Waals surface area contributed by atoms with Crippen molar-refractivity contribution in [3.05, 3.63) is 35.9 Å². The number of esters is 2. The molecule has 1 aromatic carbocycles. The van der Waals surface area contributed by atoms with Crippen LogP contribution in [0, 0.1) is 34.5 Å². The van der Waals surface area contributed by atoms with Crippen LogP contribution in [0.4, 0.5) is 0 Å². The van der Waals surface area contributed by atoms with E-state index in [1.807, 2.05) is 18.2 Å². The molecule has 3 saturated heterocycles. The lowest BCUT2D eigenvalue weighted by Crippen LogP contribution is -3.21. The maximum absolute atomic E-state index is 13.6. The number of fused-ring (bicyclic) bond motifs is 2. The predicted molar refractivity (Wildman–Crippen MR) is 129 cm³/mol. The molecule has 12 atom stereocenters. The molecule has 7 aliphatic rings. The van der Waals surface area contributed by atoms with Gasteiger partial charge in [0.05, 0.1) is 47.6 Å². The standard InChI is InChI=1S/C29H37NO6.ClH/c1-4-30-15-27(2)12-11-19(34-3)29-18-14-17-10-13-28(33,20(18)26(32)35-17)21(24(29)30)22(23(27)29)36-25(31)16-8-6-5-7-9-16;/h5-9,17-24,33H,4,10-15H2,1-3H3;1H/t17-,18+,19-,20+,21-,22+,23+,24+,27-,28+,29-;/m0./s1. The number of hydrogen-bond acceptors (Lipinski definition) is 6. The summed E-state index contributed by atoms with van der Waals surface area (Å²) in [7, 11) is 1.80. The fraction of sp³-hybridized carbons (Fsp3) is 0.724. The highest BCUT2D eigenvalue weighted by molar-refractivity contribution is 5.89. The van der Waals surface area contributed by atoms with E-state index in [2.05, 4.69) is 13.8 Å². The molecule has 2 N–H and O–H groups in total. The van der Waals surface area contributed by atoms with Gasteiger partial charge in [0.15, 0.2) is 0 Å². The molecule has 7 nitrogen and oxygen atoms in total. The van der Waals surface area contributed by atoms with Crippen LogP contribution in [0.25, 0.3) is 0 Å². The van der Waals surface area contributed by atoms with Gasteiger partial charge in [0.2, 0.25) is 0 Å². The van der Waals surface area contributed by atoms with Crippen LogP contribution >= 0.6 is 0 Å². The van der Waals surface area contributed by atoms with E-state index >= 15 is 0 Å². The Hall–Kier alpha value is -1.67. The van der Waals surface area contributed by atoms with E-state index in [9.17, 15) is 14.7 Å². The number of likely N-dealkylation sites (tertiary alicyclic amines) is 1. The molecule has 8 rings (SSSR count). The number of carbonyl (C=O) groups excluding carboxylic acids is 2. The zero-order valence-corrected chi connectivity index (χ0v) is 22.6. The first kappa shape index (κ1) is 25.6. The van der Waals surface area contributed by atoms with Gasteiger partial charge in [-0.25, -0.2) is 4.79 Å². The van der Waals surface area contributed by atoms with Crippen LogP contribution in [-0.2, 0) is 19.0 Å². The third-order valence-electron chi connectivity index (χ3n) is 11.5. The van der Waals surface area contributed by atoms with Crippen LogP contribution in [0.15, 0.2) is 30.3 Å². The molecule has 1 spiro atoms. The van der Waals surface area contributed by atoms with Crippen molar-refractivity contribution < 1.29 is 46.2 Å². The second kappa shape index (κ2) is 8.41. The van der Waals surface area contributed by atoms with Crippen LogP contribution < -0.4 is 17.3 Å². The summed E-state index contributed by atoms with van der Waals surface area (Å²) in [6.07, 6.45) is 3.22. The molecule has 4 aliphatic carbocycles. The van der Waals surface area contributed by atoms with Gasteiger partial charge < -0.3 is 36.6 Å². The third kappa shape index (κ3) is 3.00. The van der Waals surface area contributed by atoms with Crippen LogP contribution in [0.3, 0.4) is 0 Å². The second-order valence-electron chi connectivity index (χ2n) is 12.7. The lowest BCUT2D eigenvalue weighted by molar-refractivity contribution is -0.952. The fourth-order valence-electron chi connectivity index (χ4n) is 10.7. The number of quaternary nitrogens is 1. The van der Waals surface area contributed by atoms with Crippen molar-refractivity contribution in [1.82, 2.24) is 0 Å². The summed E-state index contributed by atoms with van der Waals surface area (Å²) in [5.74, 6) is -1.51. The number of methoxy groups -OCH3 is 1. The van der Waals surface area contributed by atoms with E-state index in [4.69, 9.17) is 14.2 Å².